The van der Waals surface area contributed by atoms with Gasteiger partial charge in [-0.3, -0.25) is 4.79 Å². The van der Waals surface area contributed by atoms with E-state index >= 15 is 0 Å². The average molecular weight is 378 g/mol. The smallest absolute Gasteiger partial charge is 0.220 e. The second-order valence-corrected chi connectivity index (χ2v) is 7.79. The van der Waals surface area contributed by atoms with Crippen molar-refractivity contribution >= 4 is 29.1 Å². The van der Waals surface area contributed by atoms with Gasteiger partial charge in [0.15, 0.2) is 0 Å². The van der Waals surface area contributed by atoms with E-state index in [9.17, 15) is 4.79 Å². The largest absolute Gasteiger partial charge is 0.487 e. The normalized spacial score (nSPS) is 18.2. The Morgan fingerprint density at radius 1 is 1.20 bits per heavy atom. The zero-order chi connectivity index (χ0) is 18.0. The predicted molar refractivity (Wildman–Crippen MR) is 101 cm³/mol. The molecule has 1 aliphatic rings. The highest BCUT2D eigenvalue weighted by Gasteiger charge is 2.34. The number of ether oxygens (including phenoxy) is 1. The van der Waals surface area contributed by atoms with E-state index in [1.165, 1.54) is 0 Å². The second-order valence-electron chi connectivity index (χ2n) is 6.97. The van der Waals surface area contributed by atoms with Crippen molar-refractivity contribution in [3.8, 4) is 5.75 Å². The zero-order valence-corrected chi connectivity index (χ0v) is 15.8. The van der Waals surface area contributed by atoms with E-state index in [0.717, 1.165) is 23.3 Å². The van der Waals surface area contributed by atoms with Crippen LogP contribution in [0.15, 0.2) is 42.5 Å². The van der Waals surface area contributed by atoms with Crippen LogP contribution in [0.3, 0.4) is 0 Å². The molecule has 1 atom stereocenters. The summed E-state index contributed by atoms with van der Waals surface area (Å²) in [4.78, 5) is 12.4. The first-order chi connectivity index (χ1) is 11.8. The molecule has 0 aliphatic carbocycles. The first kappa shape index (κ1) is 18.1. The van der Waals surface area contributed by atoms with E-state index in [4.69, 9.17) is 27.9 Å². The lowest BCUT2D eigenvalue weighted by Gasteiger charge is -2.37. The molecule has 0 fully saturated rings. The van der Waals surface area contributed by atoms with E-state index in [0.29, 0.717) is 22.9 Å². The fraction of sp³-hybridized carbons (Fsp3) is 0.350. The molecule has 1 heterocycles. The molecule has 0 unspecified atom stereocenters. The van der Waals surface area contributed by atoms with Gasteiger partial charge in [0.2, 0.25) is 5.91 Å². The molecular formula is C20H21Cl2NO2. The lowest BCUT2D eigenvalue weighted by atomic mass is 9.89. The number of carbonyl (C=O) groups excluding carboxylic acids is 1. The van der Waals surface area contributed by atoms with Gasteiger partial charge in [-0.15, -0.1) is 0 Å². The molecule has 1 aliphatic heterocycles. The van der Waals surface area contributed by atoms with Crippen molar-refractivity contribution in [2.24, 2.45) is 0 Å². The zero-order valence-electron chi connectivity index (χ0n) is 14.3. The van der Waals surface area contributed by atoms with Crippen molar-refractivity contribution in [2.75, 3.05) is 0 Å². The van der Waals surface area contributed by atoms with Gasteiger partial charge in [0.25, 0.3) is 0 Å². The number of amides is 1. The van der Waals surface area contributed by atoms with Crippen molar-refractivity contribution in [2.45, 2.75) is 44.8 Å². The molecule has 132 valence electrons. The number of halogens is 2. The minimum absolute atomic E-state index is 0.0172. The van der Waals surface area contributed by atoms with Gasteiger partial charge in [-0.05, 0) is 44.0 Å². The molecule has 2 aromatic carbocycles. The van der Waals surface area contributed by atoms with Crippen LogP contribution >= 0.6 is 23.2 Å². The Balaban J connectivity index is 1.65. The Hall–Kier alpha value is -1.71. The summed E-state index contributed by atoms with van der Waals surface area (Å²) in [5.74, 6) is 0.858. The van der Waals surface area contributed by atoms with Crippen molar-refractivity contribution < 1.29 is 9.53 Å². The highest BCUT2D eigenvalue weighted by Crippen LogP contribution is 2.39. The summed E-state index contributed by atoms with van der Waals surface area (Å²) in [7, 11) is 0. The third-order valence-corrected chi connectivity index (χ3v) is 5.08. The van der Waals surface area contributed by atoms with Gasteiger partial charge in [-0.1, -0.05) is 47.5 Å². The van der Waals surface area contributed by atoms with Crippen LogP contribution in [0.4, 0.5) is 0 Å². The van der Waals surface area contributed by atoms with Gasteiger partial charge >= 0.3 is 0 Å². The molecule has 1 amide bonds. The summed E-state index contributed by atoms with van der Waals surface area (Å²) in [6.45, 7) is 4.08. The molecule has 0 radical (unpaired) electrons. The summed E-state index contributed by atoms with van der Waals surface area (Å²) in [6.07, 6.45) is 1.76. The lowest BCUT2D eigenvalue weighted by Crippen LogP contribution is -2.41. The molecule has 0 aromatic heterocycles. The highest BCUT2D eigenvalue weighted by molar-refractivity contribution is 6.42. The number of fused-ring (bicyclic) bond motifs is 1. The first-order valence-corrected chi connectivity index (χ1v) is 9.11. The topological polar surface area (TPSA) is 38.3 Å². The molecule has 0 spiro atoms. The number of aryl methyl sites for hydroxylation is 1. The van der Waals surface area contributed by atoms with Crippen molar-refractivity contribution in [3.63, 3.8) is 0 Å². The van der Waals surface area contributed by atoms with Crippen LogP contribution in [-0.4, -0.2) is 11.5 Å². The quantitative estimate of drug-likeness (QED) is 0.780. The van der Waals surface area contributed by atoms with Crippen LogP contribution in [0.25, 0.3) is 0 Å². The Labute approximate surface area is 158 Å². The molecule has 0 saturated carbocycles. The van der Waals surface area contributed by atoms with Crippen molar-refractivity contribution in [1.29, 1.82) is 0 Å². The third kappa shape index (κ3) is 4.47. The van der Waals surface area contributed by atoms with Crippen LogP contribution in [0.1, 0.15) is 43.9 Å². The lowest BCUT2D eigenvalue weighted by molar-refractivity contribution is -0.122. The summed E-state index contributed by atoms with van der Waals surface area (Å²) >= 11 is 11.9. The molecule has 3 nitrogen and oxygen atoms in total. The Morgan fingerprint density at radius 3 is 2.72 bits per heavy atom. The Kier molecular flexibility index (Phi) is 5.26. The second kappa shape index (κ2) is 7.27. The van der Waals surface area contributed by atoms with Gasteiger partial charge < -0.3 is 10.1 Å². The van der Waals surface area contributed by atoms with Gasteiger partial charge in [-0.25, -0.2) is 0 Å². The third-order valence-electron chi connectivity index (χ3n) is 4.34. The highest BCUT2D eigenvalue weighted by atomic mass is 35.5. The number of hydrogen-bond donors (Lipinski definition) is 1. The summed E-state index contributed by atoms with van der Waals surface area (Å²) in [5.41, 5.74) is 1.72. The number of rotatable bonds is 4. The van der Waals surface area contributed by atoms with Crippen molar-refractivity contribution in [3.05, 3.63) is 63.6 Å². The molecule has 1 N–H and O–H groups in total. The van der Waals surface area contributed by atoms with Gasteiger partial charge in [0, 0.05) is 18.4 Å². The average Bonchev–Trinajstić information content (AvgIpc) is 2.55. The van der Waals surface area contributed by atoms with Crippen LogP contribution in [0.5, 0.6) is 5.75 Å². The van der Waals surface area contributed by atoms with E-state index in [1.54, 1.807) is 6.07 Å². The predicted octanol–water partition coefficient (Wildman–Crippen LogP) is 5.34. The van der Waals surface area contributed by atoms with Crippen LogP contribution < -0.4 is 10.1 Å². The van der Waals surface area contributed by atoms with Crippen LogP contribution in [0.2, 0.25) is 10.0 Å². The minimum Gasteiger partial charge on any atom is -0.487 e. The maximum atomic E-state index is 12.4. The molecule has 25 heavy (non-hydrogen) atoms. The van der Waals surface area contributed by atoms with E-state index in [1.807, 2.05) is 50.2 Å². The molecular weight excluding hydrogens is 357 g/mol. The maximum absolute atomic E-state index is 12.4. The molecule has 5 heteroatoms. The number of carbonyl (C=O) groups is 1. The van der Waals surface area contributed by atoms with Crippen molar-refractivity contribution in [1.82, 2.24) is 5.32 Å². The van der Waals surface area contributed by atoms with Gasteiger partial charge in [-0.2, -0.15) is 0 Å². The van der Waals surface area contributed by atoms with Crippen LogP contribution in [-0.2, 0) is 11.2 Å². The first-order valence-electron chi connectivity index (χ1n) is 8.35. The van der Waals surface area contributed by atoms with E-state index in [-0.39, 0.29) is 17.6 Å². The SMILES string of the molecule is CC1(C)C[C@H](NC(=O)CCc2ccc(Cl)c(Cl)c2)c2ccccc2O1. The molecule has 2 aromatic rings. The summed E-state index contributed by atoms with van der Waals surface area (Å²) < 4.78 is 6.01. The monoisotopic (exact) mass is 377 g/mol. The van der Waals surface area contributed by atoms with Gasteiger partial charge in [0.05, 0.1) is 16.1 Å². The number of benzene rings is 2. The standard InChI is InChI=1S/C20H21Cl2NO2/c1-20(2)12-17(14-5-3-4-6-18(14)25-20)23-19(24)10-8-13-7-9-15(21)16(22)11-13/h3-7,9,11,17H,8,10,12H2,1-2H3,(H,23,24)/t17-/m0/s1. The minimum atomic E-state index is -0.310. The molecule has 3 rings (SSSR count). The maximum Gasteiger partial charge on any atom is 0.220 e. The molecule has 0 saturated heterocycles. The van der Waals surface area contributed by atoms with E-state index in [2.05, 4.69) is 5.32 Å². The fourth-order valence-corrected chi connectivity index (χ4v) is 3.47. The van der Waals surface area contributed by atoms with Crippen LogP contribution in [0, 0.1) is 0 Å². The number of nitrogens with one attached hydrogen (secondary N) is 1. The Morgan fingerprint density at radius 2 is 1.96 bits per heavy atom. The number of para-hydroxylation sites is 1. The molecule has 0 bridgehead atoms. The summed E-state index contributed by atoms with van der Waals surface area (Å²) in [6, 6.07) is 13.3. The van der Waals surface area contributed by atoms with E-state index < -0.39 is 0 Å². The Bertz CT molecular complexity index is 789. The fourth-order valence-electron chi connectivity index (χ4n) is 3.15. The summed E-state index contributed by atoms with van der Waals surface area (Å²) in [5, 5.41) is 4.19. The van der Waals surface area contributed by atoms with Gasteiger partial charge in [0.1, 0.15) is 11.4 Å². The number of hydrogen-bond acceptors (Lipinski definition) is 2.